The van der Waals surface area contributed by atoms with Crippen LogP contribution in [0.4, 0.5) is 10.2 Å². The van der Waals surface area contributed by atoms with Gasteiger partial charge in [-0.25, -0.2) is 9.37 Å². The molecule has 1 amide bonds. The van der Waals surface area contributed by atoms with Crippen molar-refractivity contribution in [2.75, 3.05) is 57.8 Å². The van der Waals surface area contributed by atoms with Crippen molar-refractivity contribution < 1.29 is 13.9 Å². The van der Waals surface area contributed by atoms with E-state index in [1.807, 2.05) is 4.90 Å². The normalized spacial score (nSPS) is 23.6. The van der Waals surface area contributed by atoms with Gasteiger partial charge in [0, 0.05) is 45.3 Å². The van der Waals surface area contributed by atoms with E-state index in [4.69, 9.17) is 32.9 Å². The zero-order valence-electron chi connectivity index (χ0n) is 18.6. The number of amides is 1. The van der Waals surface area contributed by atoms with Crippen LogP contribution in [-0.4, -0.2) is 85.7 Å². The van der Waals surface area contributed by atoms with Crippen molar-refractivity contribution in [1.82, 2.24) is 20.1 Å². The highest BCUT2D eigenvalue weighted by Gasteiger charge is 2.39. The number of ether oxygens (including phenoxy) is 1. The van der Waals surface area contributed by atoms with Gasteiger partial charge in [-0.15, -0.1) is 0 Å². The van der Waals surface area contributed by atoms with Crippen LogP contribution in [0.5, 0.6) is 5.75 Å². The molecule has 2 atom stereocenters. The summed E-state index contributed by atoms with van der Waals surface area (Å²) in [6.07, 6.45) is 0. The van der Waals surface area contributed by atoms with Gasteiger partial charge in [-0.1, -0.05) is 29.3 Å². The van der Waals surface area contributed by atoms with Gasteiger partial charge in [0.15, 0.2) is 5.75 Å². The molecule has 5 rings (SSSR count). The van der Waals surface area contributed by atoms with Crippen molar-refractivity contribution in [3.05, 3.63) is 39.6 Å². The number of hydrogen-bond donors (Lipinski definition) is 1. The fourth-order valence-corrected chi connectivity index (χ4v) is 5.45. The molecular formula is C23H26Cl2FN5O2. The first-order chi connectivity index (χ1) is 15.9. The van der Waals surface area contributed by atoms with E-state index in [0.717, 1.165) is 13.1 Å². The van der Waals surface area contributed by atoms with Gasteiger partial charge in [-0.3, -0.25) is 4.79 Å². The van der Waals surface area contributed by atoms with Gasteiger partial charge in [0.25, 0.3) is 5.91 Å². The number of pyridine rings is 1. The fraction of sp³-hybridized carbons (Fsp3) is 0.478. The summed E-state index contributed by atoms with van der Waals surface area (Å²) in [7, 11) is 2.06. The molecular weight excluding hydrogens is 468 g/mol. The third-order valence-electron chi connectivity index (χ3n) is 6.62. The number of nitrogens with one attached hydrogen (secondary N) is 1. The summed E-state index contributed by atoms with van der Waals surface area (Å²) in [5.41, 5.74) is 0.636. The molecule has 0 aliphatic carbocycles. The molecule has 1 aromatic carbocycles. The summed E-state index contributed by atoms with van der Waals surface area (Å²) in [5, 5.41) is 3.61. The second-order valence-electron chi connectivity index (χ2n) is 8.87. The van der Waals surface area contributed by atoms with E-state index in [0.29, 0.717) is 37.6 Å². The van der Waals surface area contributed by atoms with Crippen LogP contribution in [0, 0.1) is 5.82 Å². The van der Waals surface area contributed by atoms with Crippen LogP contribution in [0.2, 0.25) is 10.0 Å². The van der Waals surface area contributed by atoms with Crippen LogP contribution in [0.1, 0.15) is 17.3 Å². The standard InChI is InChI=1S/C23H26Cl2FN5O2/c1-13-11-29(2)8-9-30(13)22-18-21(33-12-14-10-27-6-7-31(14)23(18)32)19(25)20(28-22)17-15(24)4-3-5-16(17)26/h3-5,13-14,27H,6-12H2,1-2H3/t13-,14+/m0/s1. The molecule has 0 spiro atoms. The highest BCUT2D eigenvalue weighted by molar-refractivity contribution is 6.37. The lowest BCUT2D eigenvalue weighted by atomic mass is 10.0. The third-order valence-corrected chi connectivity index (χ3v) is 7.29. The number of halogens is 3. The number of piperazine rings is 2. The smallest absolute Gasteiger partial charge is 0.261 e. The lowest BCUT2D eigenvalue weighted by Crippen LogP contribution is -2.55. The minimum absolute atomic E-state index is 0.0836. The first-order valence-electron chi connectivity index (χ1n) is 11.1. The Kier molecular flexibility index (Phi) is 6.11. The van der Waals surface area contributed by atoms with E-state index in [1.165, 1.54) is 12.1 Å². The lowest BCUT2D eigenvalue weighted by molar-refractivity contribution is 0.0606. The van der Waals surface area contributed by atoms with Crippen LogP contribution in [0.25, 0.3) is 11.3 Å². The molecule has 0 radical (unpaired) electrons. The SMILES string of the molecule is C[C@H]1CN(C)CCN1c1nc(-c2c(F)cccc2Cl)c(Cl)c2c1C(=O)N1CCNC[C@@H]1CO2. The van der Waals surface area contributed by atoms with E-state index < -0.39 is 5.82 Å². The van der Waals surface area contributed by atoms with Crippen LogP contribution in [-0.2, 0) is 0 Å². The molecule has 10 heteroatoms. The van der Waals surface area contributed by atoms with Gasteiger partial charge in [-0.2, -0.15) is 0 Å². The quantitative estimate of drug-likeness (QED) is 0.693. The maximum Gasteiger partial charge on any atom is 0.261 e. The van der Waals surface area contributed by atoms with Crippen LogP contribution in [0.15, 0.2) is 18.2 Å². The predicted octanol–water partition coefficient (Wildman–Crippen LogP) is 3.14. The van der Waals surface area contributed by atoms with Crippen LogP contribution >= 0.6 is 23.2 Å². The molecule has 2 aromatic rings. The van der Waals surface area contributed by atoms with E-state index in [1.54, 1.807) is 6.07 Å². The number of fused-ring (bicyclic) bond motifs is 2. The summed E-state index contributed by atoms with van der Waals surface area (Å²) in [6.45, 7) is 6.58. The molecule has 1 aromatic heterocycles. The molecule has 0 bridgehead atoms. The zero-order valence-corrected chi connectivity index (χ0v) is 20.1. The van der Waals surface area contributed by atoms with Crippen molar-refractivity contribution in [1.29, 1.82) is 0 Å². The number of carbonyl (C=O) groups excluding carboxylic acids is 1. The van der Waals surface area contributed by atoms with Crippen molar-refractivity contribution >= 4 is 34.9 Å². The summed E-state index contributed by atoms with van der Waals surface area (Å²) in [5.74, 6) is 0.0292. The Morgan fingerprint density at radius 1 is 1.18 bits per heavy atom. The molecule has 3 aliphatic rings. The second kappa shape index (κ2) is 8.91. The monoisotopic (exact) mass is 493 g/mol. The number of anilines is 1. The third kappa shape index (κ3) is 3.93. The molecule has 0 saturated carbocycles. The van der Waals surface area contributed by atoms with Crippen molar-refractivity contribution in [2.45, 2.75) is 19.0 Å². The number of hydrogen-bond acceptors (Lipinski definition) is 6. The Balaban J connectivity index is 1.74. The van der Waals surface area contributed by atoms with Gasteiger partial charge >= 0.3 is 0 Å². The molecule has 7 nitrogen and oxygen atoms in total. The van der Waals surface area contributed by atoms with Crippen molar-refractivity contribution in [2.24, 2.45) is 0 Å². The number of carbonyl (C=O) groups is 1. The Morgan fingerprint density at radius 2 is 2.00 bits per heavy atom. The molecule has 4 heterocycles. The van der Waals surface area contributed by atoms with E-state index in [2.05, 4.69) is 29.1 Å². The Morgan fingerprint density at radius 3 is 2.76 bits per heavy atom. The second-order valence-corrected chi connectivity index (χ2v) is 9.66. The lowest BCUT2D eigenvalue weighted by Gasteiger charge is -2.40. The number of likely N-dealkylation sites (N-methyl/N-ethyl adjacent to an activating group) is 1. The Bertz CT molecular complexity index is 1080. The minimum atomic E-state index is -0.532. The van der Waals surface area contributed by atoms with E-state index >= 15 is 0 Å². The maximum atomic E-state index is 14.9. The van der Waals surface area contributed by atoms with Crippen molar-refractivity contribution in [3.8, 4) is 17.0 Å². The van der Waals surface area contributed by atoms with Gasteiger partial charge in [0.2, 0.25) is 0 Å². The minimum Gasteiger partial charge on any atom is -0.489 e. The van der Waals surface area contributed by atoms with Gasteiger partial charge < -0.3 is 24.8 Å². The zero-order chi connectivity index (χ0) is 23.3. The molecule has 176 valence electrons. The number of benzene rings is 1. The molecule has 33 heavy (non-hydrogen) atoms. The van der Waals surface area contributed by atoms with Gasteiger partial charge in [0.1, 0.15) is 28.8 Å². The summed E-state index contributed by atoms with van der Waals surface area (Å²) >= 11 is 13.2. The Hall–Kier alpha value is -2.13. The average Bonchev–Trinajstić information content (AvgIpc) is 2.93. The average molecular weight is 494 g/mol. The molecule has 2 fully saturated rings. The molecule has 2 saturated heterocycles. The highest BCUT2D eigenvalue weighted by Crippen LogP contribution is 2.45. The first-order valence-corrected chi connectivity index (χ1v) is 11.9. The maximum absolute atomic E-state index is 14.9. The summed E-state index contributed by atoms with van der Waals surface area (Å²) in [6, 6.07) is 4.42. The molecule has 3 aliphatic heterocycles. The number of rotatable bonds is 2. The number of aromatic nitrogens is 1. The number of nitrogens with zero attached hydrogens (tertiary/aromatic N) is 4. The molecule has 1 N–H and O–H groups in total. The van der Waals surface area contributed by atoms with Crippen molar-refractivity contribution in [3.63, 3.8) is 0 Å². The summed E-state index contributed by atoms with van der Waals surface area (Å²) in [4.78, 5) is 24.8. The van der Waals surface area contributed by atoms with Crippen LogP contribution < -0.4 is 15.0 Å². The first kappa shape index (κ1) is 22.7. The topological polar surface area (TPSA) is 60.9 Å². The van der Waals surface area contributed by atoms with Gasteiger partial charge in [0.05, 0.1) is 22.3 Å². The van der Waals surface area contributed by atoms with E-state index in [9.17, 15) is 9.18 Å². The van der Waals surface area contributed by atoms with Crippen LogP contribution in [0.3, 0.4) is 0 Å². The fourth-order valence-electron chi connectivity index (χ4n) is 4.91. The predicted molar refractivity (Wildman–Crippen MR) is 127 cm³/mol. The molecule has 0 unspecified atom stereocenters. The van der Waals surface area contributed by atoms with E-state index in [-0.39, 0.29) is 51.6 Å². The van der Waals surface area contributed by atoms with Gasteiger partial charge in [-0.05, 0) is 26.1 Å². The summed E-state index contributed by atoms with van der Waals surface area (Å²) < 4.78 is 21.1. The highest BCUT2D eigenvalue weighted by atomic mass is 35.5. The Labute approximate surface area is 202 Å². The largest absolute Gasteiger partial charge is 0.489 e.